The van der Waals surface area contributed by atoms with Crippen molar-refractivity contribution < 1.29 is 8.95 Å². The lowest BCUT2D eigenvalue weighted by molar-refractivity contribution is 0.116. The molecule has 0 amide bonds. The summed E-state index contributed by atoms with van der Waals surface area (Å²) < 4.78 is 17.0. The highest BCUT2D eigenvalue weighted by Gasteiger charge is 2.25. The van der Waals surface area contributed by atoms with Gasteiger partial charge in [-0.25, -0.2) is 0 Å². The maximum atomic E-state index is 11.6. The highest BCUT2D eigenvalue weighted by atomic mass is 32.2. The minimum absolute atomic E-state index is 0.0163. The van der Waals surface area contributed by atoms with Crippen molar-refractivity contribution in [2.45, 2.75) is 10.7 Å². The Morgan fingerprint density at radius 2 is 1.93 bits per heavy atom. The van der Waals surface area contributed by atoms with E-state index in [1.165, 1.54) is 0 Å². The third kappa shape index (κ3) is 3.33. The van der Waals surface area contributed by atoms with Gasteiger partial charge in [0.2, 0.25) is 0 Å². The molecule has 0 bridgehead atoms. The van der Waals surface area contributed by atoms with Gasteiger partial charge in [-0.05, 0) is 11.8 Å². The summed E-state index contributed by atoms with van der Waals surface area (Å²) >= 11 is 1.58. The van der Waals surface area contributed by atoms with Gasteiger partial charge in [0, 0.05) is 24.2 Å². The molecule has 3 unspecified atom stereocenters. The molecule has 0 fully saturated rings. The molecular weight excluding hydrogens is 228 g/mol. The largest absolute Gasteiger partial charge is 0.375 e. The SMILES string of the molecule is COC(c1ccccc1)C(SC)S(C)=O. The van der Waals surface area contributed by atoms with E-state index in [0.29, 0.717) is 0 Å². The molecule has 0 aliphatic carbocycles. The van der Waals surface area contributed by atoms with E-state index in [1.807, 2.05) is 36.6 Å². The minimum Gasteiger partial charge on any atom is -0.375 e. The highest BCUT2D eigenvalue weighted by Crippen LogP contribution is 2.29. The van der Waals surface area contributed by atoms with E-state index in [4.69, 9.17) is 4.74 Å². The molecule has 0 spiro atoms. The topological polar surface area (TPSA) is 26.3 Å². The van der Waals surface area contributed by atoms with E-state index in [0.717, 1.165) is 5.56 Å². The monoisotopic (exact) mass is 244 g/mol. The van der Waals surface area contributed by atoms with Crippen LogP contribution in [0, 0.1) is 0 Å². The van der Waals surface area contributed by atoms with Crippen LogP contribution in [0.1, 0.15) is 11.7 Å². The maximum Gasteiger partial charge on any atom is 0.110 e. The second-order valence-electron chi connectivity index (χ2n) is 3.17. The first-order valence-electron chi connectivity index (χ1n) is 4.63. The molecule has 0 aliphatic heterocycles. The average Bonchev–Trinajstić information content (AvgIpc) is 2.26. The smallest absolute Gasteiger partial charge is 0.110 e. The van der Waals surface area contributed by atoms with Crippen LogP contribution in [0.3, 0.4) is 0 Å². The molecule has 15 heavy (non-hydrogen) atoms. The summed E-state index contributed by atoms with van der Waals surface area (Å²) in [5, 5.41) is 0. The van der Waals surface area contributed by atoms with Crippen LogP contribution >= 0.6 is 11.8 Å². The molecule has 4 heteroatoms. The van der Waals surface area contributed by atoms with Crippen molar-refractivity contribution in [3.63, 3.8) is 0 Å². The zero-order valence-electron chi connectivity index (χ0n) is 9.17. The Morgan fingerprint density at radius 1 is 1.33 bits per heavy atom. The van der Waals surface area contributed by atoms with Crippen molar-refractivity contribution in [3.8, 4) is 0 Å². The summed E-state index contributed by atoms with van der Waals surface area (Å²) in [5.41, 5.74) is 1.08. The Balaban J connectivity index is 2.92. The first-order chi connectivity index (χ1) is 7.20. The number of methoxy groups -OCH3 is 1. The molecule has 0 saturated heterocycles. The van der Waals surface area contributed by atoms with E-state index >= 15 is 0 Å². The normalized spacial score (nSPS) is 17.0. The molecule has 1 aromatic carbocycles. The molecule has 1 aromatic rings. The zero-order valence-corrected chi connectivity index (χ0v) is 10.8. The van der Waals surface area contributed by atoms with Crippen molar-refractivity contribution in [1.82, 2.24) is 0 Å². The van der Waals surface area contributed by atoms with E-state index < -0.39 is 10.8 Å². The minimum atomic E-state index is -0.896. The number of rotatable bonds is 5. The summed E-state index contributed by atoms with van der Waals surface area (Å²) in [5.74, 6) is 0. The Hall–Kier alpha value is -0.320. The molecule has 2 nitrogen and oxygen atoms in total. The van der Waals surface area contributed by atoms with Gasteiger partial charge in [-0.2, -0.15) is 0 Å². The van der Waals surface area contributed by atoms with Crippen LogP contribution in [-0.4, -0.2) is 28.4 Å². The second-order valence-corrected chi connectivity index (χ2v) is 5.95. The zero-order chi connectivity index (χ0) is 11.3. The van der Waals surface area contributed by atoms with Gasteiger partial charge in [-0.1, -0.05) is 30.3 Å². The molecule has 0 N–H and O–H groups in total. The van der Waals surface area contributed by atoms with E-state index in [2.05, 4.69) is 0 Å². The van der Waals surface area contributed by atoms with Gasteiger partial charge in [-0.3, -0.25) is 4.21 Å². The summed E-state index contributed by atoms with van der Waals surface area (Å²) in [7, 11) is 0.765. The van der Waals surface area contributed by atoms with Crippen LogP contribution < -0.4 is 0 Å². The first kappa shape index (κ1) is 12.7. The van der Waals surface area contributed by atoms with Gasteiger partial charge in [0.25, 0.3) is 0 Å². The first-order valence-corrected chi connectivity index (χ1v) is 7.54. The van der Waals surface area contributed by atoms with Crippen LogP contribution in [0.15, 0.2) is 30.3 Å². The Morgan fingerprint density at radius 3 is 2.33 bits per heavy atom. The van der Waals surface area contributed by atoms with Gasteiger partial charge in [-0.15, -0.1) is 11.8 Å². The van der Waals surface area contributed by atoms with Gasteiger partial charge < -0.3 is 4.74 Å². The van der Waals surface area contributed by atoms with Crippen LogP contribution in [0.25, 0.3) is 0 Å². The summed E-state index contributed by atoms with van der Waals surface area (Å²) in [4.78, 5) is 0. The number of hydrogen-bond acceptors (Lipinski definition) is 3. The van der Waals surface area contributed by atoms with Gasteiger partial charge in [0.05, 0.1) is 0 Å². The van der Waals surface area contributed by atoms with E-state index in [9.17, 15) is 4.21 Å². The number of hydrogen-bond donors (Lipinski definition) is 0. The average molecular weight is 244 g/mol. The molecule has 3 atom stereocenters. The third-order valence-corrected chi connectivity index (χ3v) is 5.19. The van der Waals surface area contributed by atoms with Crippen LogP contribution in [-0.2, 0) is 15.5 Å². The number of benzene rings is 1. The van der Waals surface area contributed by atoms with Crippen LogP contribution in [0.2, 0.25) is 0 Å². The van der Waals surface area contributed by atoms with Gasteiger partial charge in [0.1, 0.15) is 10.7 Å². The fraction of sp³-hybridized carbons (Fsp3) is 0.455. The fourth-order valence-electron chi connectivity index (χ4n) is 1.48. The quantitative estimate of drug-likeness (QED) is 0.796. The van der Waals surface area contributed by atoms with Gasteiger partial charge >= 0.3 is 0 Å². The van der Waals surface area contributed by atoms with Crippen molar-refractivity contribution in [3.05, 3.63) is 35.9 Å². The molecule has 0 aliphatic rings. The van der Waals surface area contributed by atoms with E-state index in [1.54, 1.807) is 25.1 Å². The highest BCUT2D eigenvalue weighted by molar-refractivity contribution is 8.10. The van der Waals surface area contributed by atoms with Crippen LogP contribution in [0.4, 0.5) is 0 Å². The molecular formula is C11H16O2S2. The molecule has 0 radical (unpaired) electrons. The lowest BCUT2D eigenvalue weighted by Crippen LogP contribution is -2.21. The molecule has 84 valence electrons. The summed E-state index contributed by atoms with van der Waals surface area (Å²) in [6, 6.07) is 9.91. The fourth-order valence-corrected chi connectivity index (χ4v) is 3.70. The molecule has 0 saturated carbocycles. The Bertz CT molecular complexity index is 314. The van der Waals surface area contributed by atoms with Crippen molar-refractivity contribution >= 4 is 22.6 Å². The lowest BCUT2D eigenvalue weighted by Gasteiger charge is -2.22. The second kappa shape index (κ2) is 6.30. The van der Waals surface area contributed by atoms with Crippen molar-refractivity contribution in [2.24, 2.45) is 0 Å². The Labute approximate surface area is 97.9 Å². The Kier molecular flexibility index (Phi) is 5.36. The molecule has 1 rings (SSSR count). The standard InChI is InChI=1S/C11H16O2S2/c1-13-10(11(14-2)15(3)12)9-7-5-4-6-8-9/h4-8,10-11H,1-3H3. The van der Waals surface area contributed by atoms with Crippen molar-refractivity contribution in [1.29, 1.82) is 0 Å². The number of thioether (sulfide) groups is 1. The predicted octanol–water partition coefficient (Wildman–Crippen LogP) is 2.44. The third-order valence-electron chi connectivity index (χ3n) is 2.19. The molecule has 0 heterocycles. The maximum absolute atomic E-state index is 11.6. The molecule has 0 aromatic heterocycles. The summed E-state index contributed by atoms with van der Waals surface area (Å²) in [6.07, 6.45) is 3.57. The number of ether oxygens (including phenoxy) is 1. The van der Waals surface area contributed by atoms with Gasteiger partial charge in [0.15, 0.2) is 0 Å². The predicted molar refractivity (Wildman–Crippen MR) is 67.6 cm³/mol. The van der Waals surface area contributed by atoms with Crippen molar-refractivity contribution in [2.75, 3.05) is 19.6 Å². The summed E-state index contributed by atoms with van der Waals surface area (Å²) in [6.45, 7) is 0. The lowest BCUT2D eigenvalue weighted by atomic mass is 10.1. The van der Waals surface area contributed by atoms with E-state index in [-0.39, 0.29) is 10.7 Å². The van der Waals surface area contributed by atoms with Crippen LogP contribution in [0.5, 0.6) is 0 Å².